The Balaban J connectivity index is 1.31. The maximum Gasteiger partial charge on any atom is 0.323 e. The molecule has 0 atom stereocenters. The smallest absolute Gasteiger partial charge is 0.323 e. The summed E-state index contributed by atoms with van der Waals surface area (Å²) < 4.78 is 2.05. The van der Waals surface area contributed by atoms with E-state index in [2.05, 4.69) is 34.9 Å². The SMILES string of the molecule is Cn1ccc2cc(NC(=O)Nc3ccc(C(N)(Cc4ccccc4)Cc4ccccc4)cc3)ccc21. The molecule has 5 heteroatoms. The number of fused-ring (bicyclic) bond motifs is 1. The Labute approximate surface area is 211 Å². The molecule has 0 fully saturated rings. The molecule has 0 spiro atoms. The molecule has 0 aliphatic carbocycles. The molecule has 0 radical (unpaired) electrons. The number of aryl methyl sites for hydroxylation is 1. The average molecular weight is 475 g/mol. The fraction of sp³-hybridized carbons (Fsp3) is 0.129. The summed E-state index contributed by atoms with van der Waals surface area (Å²) in [6, 6.07) is 36.1. The lowest BCUT2D eigenvalue weighted by Crippen LogP contribution is -2.41. The van der Waals surface area contributed by atoms with Crippen molar-refractivity contribution in [2.45, 2.75) is 18.4 Å². The molecular weight excluding hydrogens is 444 g/mol. The van der Waals surface area contributed by atoms with Crippen molar-refractivity contribution >= 4 is 28.3 Å². The van der Waals surface area contributed by atoms with Gasteiger partial charge in [-0.3, -0.25) is 0 Å². The van der Waals surface area contributed by atoms with Crippen LogP contribution in [-0.2, 0) is 25.4 Å². The number of anilines is 2. The summed E-state index contributed by atoms with van der Waals surface area (Å²) >= 11 is 0. The lowest BCUT2D eigenvalue weighted by Gasteiger charge is -2.31. The third-order valence-corrected chi connectivity index (χ3v) is 6.59. The number of nitrogens with two attached hydrogens (primary N) is 1. The Bertz CT molecular complexity index is 1420. The quantitative estimate of drug-likeness (QED) is 0.253. The van der Waals surface area contributed by atoms with Crippen molar-refractivity contribution in [3.05, 3.63) is 132 Å². The number of nitrogens with zero attached hydrogens (tertiary/aromatic N) is 1. The van der Waals surface area contributed by atoms with Crippen LogP contribution >= 0.6 is 0 Å². The van der Waals surface area contributed by atoms with Gasteiger partial charge in [-0.25, -0.2) is 4.79 Å². The van der Waals surface area contributed by atoms with E-state index in [-0.39, 0.29) is 6.03 Å². The number of carbonyl (C=O) groups is 1. The van der Waals surface area contributed by atoms with Crippen molar-refractivity contribution < 1.29 is 4.79 Å². The van der Waals surface area contributed by atoms with Crippen LogP contribution in [0.15, 0.2) is 115 Å². The van der Waals surface area contributed by atoms with Crippen LogP contribution in [0.3, 0.4) is 0 Å². The monoisotopic (exact) mass is 474 g/mol. The highest BCUT2D eigenvalue weighted by Crippen LogP contribution is 2.29. The second kappa shape index (κ2) is 10.1. The predicted molar refractivity (Wildman–Crippen MR) is 148 cm³/mol. The van der Waals surface area contributed by atoms with Crippen molar-refractivity contribution in [1.29, 1.82) is 0 Å². The fourth-order valence-electron chi connectivity index (χ4n) is 4.73. The zero-order valence-corrected chi connectivity index (χ0v) is 20.3. The van der Waals surface area contributed by atoms with Gasteiger partial charge in [-0.2, -0.15) is 0 Å². The van der Waals surface area contributed by atoms with E-state index >= 15 is 0 Å². The molecule has 4 aromatic carbocycles. The maximum atomic E-state index is 12.6. The summed E-state index contributed by atoms with van der Waals surface area (Å²) in [6.45, 7) is 0. The maximum absolute atomic E-state index is 12.6. The number of rotatable bonds is 7. The first-order chi connectivity index (χ1) is 17.5. The van der Waals surface area contributed by atoms with Crippen molar-refractivity contribution in [3.63, 3.8) is 0 Å². The molecule has 1 aromatic heterocycles. The van der Waals surface area contributed by atoms with Crippen molar-refractivity contribution in [3.8, 4) is 0 Å². The second-order valence-electron chi connectivity index (χ2n) is 9.34. The molecule has 5 nitrogen and oxygen atoms in total. The zero-order valence-electron chi connectivity index (χ0n) is 20.3. The molecule has 4 N–H and O–H groups in total. The molecular formula is C31H30N4O. The van der Waals surface area contributed by atoms with Gasteiger partial charge in [-0.1, -0.05) is 72.8 Å². The molecule has 5 aromatic rings. The highest BCUT2D eigenvalue weighted by Gasteiger charge is 2.28. The van der Waals surface area contributed by atoms with Gasteiger partial charge >= 0.3 is 6.03 Å². The summed E-state index contributed by atoms with van der Waals surface area (Å²) in [4.78, 5) is 12.6. The minimum Gasteiger partial charge on any atom is -0.351 e. The van der Waals surface area contributed by atoms with Crippen molar-refractivity contribution in [2.24, 2.45) is 12.8 Å². The van der Waals surface area contributed by atoms with Gasteiger partial charge in [0.1, 0.15) is 0 Å². The lowest BCUT2D eigenvalue weighted by molar-refractivity contribution is 0.262. The van der Waals surface area contributed by atoms with Gasteiger partial charge in [0.25, 0.3) is 0 Å². The number of aromatic nitrogens is 1. The Morgan fingerprint density at radius 2 is 1.31 bits per heavy atom. The van der Waals surface area contributed by atoms with E-state index in [4.69, 9.17) is 5.73 Å². The molecule has 36 heavy (non-hydrogen) atoms. The van der Waals surface area contributed by atoms with Crippen LogP contribution < -0.4 is 16.4 Å². The number of nitrogens with one attached hydrogen (secondary N) is 2. The first-order valence-corrected chi connectivity index (χ1v) is 12.1. The molecule has 0 unspecified atom stereocenters. The van der Waals surface area contributed by atoms with Gasteiger partial charge in [-0.05, 0) is 65.9 Å². The molecule has 2 amide bonds. The lowest BCUT2D eigenvalue weighted by atomic mass is 9.80. The van der Waals surface area contributed by atoms with Gasteiger partial charge in [0, 0.05) is 41.1 Å². The number of carbonyl (C=O) groups excluding carboxylic acids is 1. The summed E-state index contributed by atoms with van der Waals surface area (Å²) in [6.07, 6.45) is 3.42. The molecule has 0 aliphatic heterocycles. The van der Waals surface area contributed by atoms with Gasteiger partial charge in [-0.15, -0.1) is 0 Å². The minimum atomic E-state index is -0.589. The van der Waals surface area contributed by atoms with Crippen LogP contribution in [0.1, 0.15) is 16.7 Å². The van der Waals surface area contributed by atoms with E-state index in [1.807, 2.05) is 103 Å². The first kappa shape index (κ1) is 23.4. The van der Waals surface area contributed by atoms with Crippen molar-refractivity contribution in [1.82, 2.24) is 4.57 Å². The third-order valence-electron chi connectivity index (χ3n) is 6.59. The van der Waals surface area contributed by atoms with Crippen LogP contribution in [0, 0.1) is 0 Å². The standard InChI is InChI=1S/C31H30N4O/c1-35-19-18-25-20-28(16-17-29(25)35)34-30(36)33-27-14-12-26(13-15-27)31(32,21-23-8-4-2-5-9-23)22-24-10-6-3-7-11-24/h2-20H,21-22,32H2,1H3,(H2,33,34,36). The number of benzene rings is 4. The number of amides is 2. The van der Waals surface area contributed by atoms with Gasteiger partial charge in [0.05, 0.1) is 0 Å². The summed E-state index contributed by atoms with van der Waals surface area (Å²) in [5, 5.41) is 6.92. The number of hydrogen-bond acceptors (Lipinski definition) is 2. The van der Waals surface area contributed by atoms with Crippen molar-refractivity contribution in [2.75, 3.05) is 10.6 Å². The topological polar surface area (TPSA) is 72.1 Å². The number of urea groups is 1. The first-order valence-electron chi connectivity index (χ1n) is 12.1. The van der Waals surface area contributed by atoms with Crippen LogP contribution in [-0.4, -0.2) is 10.6 Å². The molecule has 1 heterocycles. The summed E-state index contributed by atoms with van der Waals surface area (Å²) in [7, 11) is 2.00. The summed E-state index contributed by atoms with van der Waals surface area (Å²) in [5.74, 6) is 0. The second-order valence-corrected chi connectivity index (χ2v) is 9.34. The van der Waals surface area contributed by atoms with E-state index in [9.17, 15) is 4.79 Å². The van der Waals surface area contributed by atoms with Crippen LogP contribution in [0.2, 0.25) is 0 Å². The van der Waals surface area contributed by atoms with E-state index in [1.165, 1.54) is 11.1 Å². The molecule has 0 aliphatic rings. The van der Waals surface area contributed by atoms with E-state index in [0.29, 0.717) is 18.5 Å². The van der Waals surface area contributed by atoms with E-state index in [0.717, 1.165) is 22.2 Å². The molecule has 180 valence electrons. The molecule has 0 saturated carbocycles. The third kappa shape index (κ3) is 5.32. The van der Waals surface area contributed by atoms with Gasteiger partial charge < -0.3 is 20.9 Å². The predicted octanol–water partition coefficient (Wildman–Crippen LogP) is 6.46. The minimum absolute atomic E-state index is 0.286. The zero-order chi connectivity index (χ0) is 25.0. The van der Waals surface area contributed by atoms with Gasteiger partial charge in [0.15, 0.2) is 0 Å². The van der Waals surface area contributed by atoms with Crippen LogP contribution in [0.4, 0.5) is 16.2 Å². The Hall–Kier alpha value is -4.35. The van der Waals surface area contributed by atoms with E-state index < -0.39 is 5.54 Å². The molecule has 5 rings (SSSR count). The molecule has 0 saturated heterocycles. The molecule has 0 bridgehead atoms. The van der Waals surface area contributed by atoms with E-state index in [1.54, 1.807) is 0 Å². The van der Waals surface area contributed by atoms with Crippen LogP contribution in [0.5, 0.6) is 0 Å². The number of hydrogen-bond donors (Lipinski definition) is 3. The van der Waals surface area contributed by atoms with Gasteiger partial charge in [0.2, 0.25) is 0 Å². The highest BCUT2D eigenvalue weighted by atomic mass is 16.2. The Kier molecular flexibility index (Phi) is 6.56. The Morgan fingerprint density at radius 1 is 0.750 bits per heavy atom. The highest BCUT2D eigenvalue weighted by molar-refractivity contribution is 6.01. The average Bonchev–Trinajstić information content (AvgIpc) is 3.25. The van der Waals surface area contributed by atoms with Crippen LogP contribution in [0.25, 0.3) is 10.9 Å². The fourth-order valence-corrected chi connectivity index (χ4v) is 4.73. The summed E-state index contributed by atoms with van der Waals surface area (Å²) in [5.41, 5.74) is 12.5. The largest absolute Gasteiger partial charge is 0.351 e. The Morgan fingerprint density at radius 3 is 1.92 bits per heavy atom. The normalized spacial score (nSPS) is 11.4.